The maximum absolute atomic E-state index is 10.0. The van der Waals surface area contributed by atoms with Crippen molar-refractivity contribution in [2.75, 3.05) is 0 Å². The number of hydrogen-bond acceptors (Lipinski definition) is 3. The highest BCUT2D eigenvalue weighted by atomic mass is 35.5. The highest BCUT2D eigenvalue weighted by Gasteiger charge is 2.18. The molecule has 2 heterocycles. The first-order valence-corrected chi connectivity index (χ1v) is 6.72. The van der Waals surface area contributed by atoms with Crippen molar-refractivity contribution in [1.82, 2.24) is 0 Å². The van der Waals surface area contributed by atoms with Crippen molar-refractivity contribution >= 4 is 57.5 Å². The molecule has 0 aliphatic carbocycles. The Balaban J connectivity index is 2.35. The van der Waals surface area contributed by atoms with Crippen LogP contribution in [0.25, 0.3) is 0 Å². The van der Waals surface area contributed by atoms with Gasteiger partial charge in [-0.1, -0.05) is 34.8 Å². The molecule has 15 heavy (non-hydrogen) atoms. The lowest BCUT2D eigenvalue weighted by Gasteiger charge is -2.06. The molecule has 2 aromatic heterocycles. The van der Waals surface area contributed by atoms with Crippen molar-refractivity contribution in [1.29, 1.82) is 0 Å². The topological polar surface area (TPSA) is 20.2 Å². The Morgan fingerprint density at radius 1 is 1.07 bits per heavy atom. The van der Waals surface area contributed by atoms with E-state index in [1.165, 1.54) is 22.7 Å². The lowest BCUT2D eigenvalue weighted by Crippen LogP contribution is -1.94. The van der Waals surface area contributed by atoms with Crippen LogP contribution in [-0.4, -0.2) is 5.11 Å². The van der Waals surface area contributed by atoms with Crippen LogP contribution in [-0.2, 0) is 0 Å². The first kappa shape index (κ1) is 11.7. The Kier molecular flexibility index (Phi) is 3.60. The van der Waals surface area contributed by atoms with E-state index in [9.17, 15) is 5.11 Å². The van der Waals surface area contributed by atoms with Gasteiger partial charge in [0.15, 0.2) is 0 Å². The van der Waals surface area contributed by atoms with Gasteiger partial charge in [0, 0.05) is 10.4 Å². The molecule has 2 rings (SSSR count). The van der Waals surface area contributed by atoms with Crippen molar-refractivity contribution in [3.63, 3.8) is 0 Å². The first-order chi connectivity index (χ1) is 7.08. The van der Waals surface area contributed by atoms with E-state index in [2.05, 4.69) is 0 Å². The molecule has 0 fully saturated rings. The van der Waals surface area contributed by atoms with Crippen LogP contribution in [0, 0.1) is 0 Å². The second-order valence-corrected chi connectivity index (χ2v) is 6.86. The smallest absolute Gasteiger partial charge is 0.116 e. The second-order valence-electron chi connectivity index (χ2n) is 2.82. The SMILES string of the molecule is OC(c1ccc(Cl)s1)c1cc(Cl)sc1Cl. The van der Waals surface area contributed by atoms with E-state index in [0.717, 1.165) is 4.88 Å². The Hall–Kier alpha value is 0.230. The lowest BCUT2D eigenvalue weighted by molar-refractivity contribution is 0.225. The van der Waals surface area contributed by atoms with Crippen LogP contribution in [0.15, 0.2) is 18.2 Å². The van der Waals surface area contributed by atoms with E-state index in [-0.39, 0.29) is 0 Å². The van der Waals surface area contributed by atoms with Crippen LogP contribution in [0.1, 0.15) is 16.5 Å². The number of rotatable bonds is 2. The van der Waals surface area contributed by atoms with E-state index < -0.39 is 6.10 Å². The third-order valence-electron chi connectivity index (χ3n) is 1.84. The van der Waals surface area contributed by atoms with Crippen LogP contribution >= 0.6 is 57.5 Å². The predicted octanol–water partition coefficient (Wildman–Crippen LogP) is 4.85. The van der Waals surface area contributed by atoms with Crippen molar-refractivity contribution in [3.05, 3.63) is 41.6 Å². The van der Waals surface area contributed by atoms with Crippen molar-refractivity contribution in [2.24, 2.45) is 0 Å². The summed E-state index contributed by atoms with van der Waals surface area (Å²) in [5.74, 6) is 0. The highest BCUT2D eigenvalue weighted by Crippen LogP contribution is 2.39. The van der Waals surface area contributed by atoms with E-state index in [0.29, 0.717) is 18.6 Å². The van der Waals surface area contributed by atoms with Gasteiger partial charge >= 0.3 is 0 Å². The van der Waals surface area contributed by atoms with Gasteiger partial charge < -0.3 is 5.11 Å². The molecule has 6 heteroatoms. The first-order valence-electron chi connectivity index (χ1n) is 3.96. The van der Waals surface area contributed by atoms with Crippen LogP contribution in [0.3, 0.4) is 0 Å². The maximum atomic E-state index is 10.0. The van der Waals surface area contributed by atoms with E-state index in [4.69, 9.17) is 34.8 Å². The molecular formula is C9H5Cl3OS2. The summed E-state index contributed by atoms with van der Waals surface area (Å²) in [7, 11) is 0. The average molecular weight is 300 g/mol. The summed E-state index contributed by atoms with van der Waals surface area (Å²) in [6.45, 7) is 0. The highest BCUT2D eigenvalue weighted by molar-refractivity contribution is 7.20. The summed E-state index contributed by atoms with van der Waals surface area (Å²) in [6, 6.07) is 5.19. The Morgan fingerprint density at radius 3 is 2.27 bits per heavy atom. The fourth-order valence-electron chi connectivity index (χ4n) is 1.17. The summed E-state index contributed by atoms with van der Waals surface area (Å²) in [6.07, 6.45) is -0.751. The van der Waals surface area contributed by atoms with Crippen LogP contribution < -0.4 is 0 Å². The molecule has 1 nitrogen and oxygen atoms in total. The monoisotopic (exact) mass is 298 g/mol. The molecular weight excluding hydrogens is 295 g/mol. The Bertz CT molecular complexity index is 477. The van der Waals surface area contributed by atoms with Crippen molar-refractivity contribution in [3.8, 4) is 0 Å². The lowest BCUT2D eigenvalue weighted by atomic mass is 10.2. The van der Waals surface area contributed by atoms with Gasteiger partial charge in [0.05, 0.1) is 8.67 Å². The number of hydrogen-bond donors (Lipinski definition) is 1. The summed E-state index contributed by atoms with van der Waals surface area (Å²) in [5, 5.41) is 10.0. The number of aliphatic hydroxyl groups excluding tert-OH is 1. The molecule has 0 aromatic carbocycles. The Labute approximate surface area is 110 Å². The minimum atomic E-state index is -0.751. The second kappa shape index (κ2) is 4.62. The summed E-state index contributed by atoms with van der Waals surface area (Å²) in [5.41, 5.74) is 0.630. The quantitative estimate of drug-likeness (QED) is 0.840. The molecule has 0 radical (unpaired) electrons. The molecule has 1 atom stereocenters. The predicted molar refractivity (Wildman–Crippen MR) is 67.7 cm³/mol. The van der Waals surface area contributed by atoms with Gasteiger partial charge in [-0.2, -0.15) is 0 Å². The van der Waals surface area contributed by atoms with Crippen LogP contribution in [0.2, 0.25) is 13.0 Å². The molecule has 0 aliphatic rings. The van der Waals surface area contributed by atoms with E-state index >= 15 is 0 Å². The van der Waals surface area contributed by atoms with Crippen molar-refractivity contribution < 1.29 is 5.11 Å². The fraction of sp³-hybridized carbons (Fsp3) is 0.111. The molecule has 0 spiro atoms. The average Bonchev–Trinajstić information content (AvgIpc) is 2.71. The molecule has 0 aliphatic heterocycles. The van der Waals surface area contributed by atoms with Gasteiger partial charge in [0.25, 0.3) is 0 Å². The zero-order valence-corrected chi connectivity index (χ0v) is 11.1. The molecule has 0 saturated carbocycles. The minimum absolute atomic E-state index is 0.511. The van der Waals surface area contributed by atoms with Crippen molar-refractivity contribution in [2.45, 2.75) is 6.10 Å². The van der Waals surface area contributed by atoms with E-state index in [1.54, 1.807) is 18.2 Å². The summed E-state index contributed by atoms with van der Waals surface area (Å²) >= 11 is 20.1. The number of aliphatic hydroxyl groups is 1. The van der Waals surface area contributed by atoms with Gasteiger partial charge in [0.1, 0.15) is 10.4 Å². The molecule has 0 bridgehead atoms. The third-order valence-corrected chi connectivity index (χ3v) is 4.64. The zero-order valence-electron chi connectivity index (χ0n) is 7.21. The molecule has 0 saturated heterocycles. The van der Waals surface area contributed by atoms with Crippen LogP contribution in [0.5, 0.6) is 0 Å². The van der Waals surface area contributed by atoms with Crippen LogP contribution in [0.4, 0.5) is 0 Å². The maximum Gasteiger partial charge on any atom is 0.116 e. The van der Waals surface area contributed by atoms with Gasteiger partial charge in [-0.25, -0.2) is 0 Å². The summed E-state index contributed by atoms with van der Waals surface area (Å²) < 4.78 is 1.72. The number of halogens is 3. The Morgan fingerprint density at radius 2 is 1.80 bits per heavy atom. The fourth-order valence-corrected chi connectivity index (χ4v) is 3.75. The largest absolute Gasteiger partial charge is 0.383 e. The van der Waals surface area contributed by atoms with Gasteiger partial charge in [0.2, 0.25) is 0 Å². The molecule has 0 amide bonds. The zero-order chi connectivity index (χ0) is 11.0. The van der Waals surface area contributed by atoms with Gasteiger partial charge in [-0.15, -0.1) is 22.7 Å². The number of thiophene rings is 2. The third kappa shape index (κ3) is 2.49. The standard InChI is InChI=1S/C9H5Cl3OS2/c10-6-2-1-5(14-6)8(13)4-3-7(11)15-9(4)12/h1-3,8,13H. The minimum Gasteiger partial charge on any atom is -0.383 e. The summed E-state index contributed by atoms with van der Waals surface area (Å²) in [4.78, 5) is 0.761. The normalized spacial score (nSPS) is 13.1. The molecule has 2 aromatic rings. The molecule has 1 N–H and O–H groups in total. The molecule has 80 valence electrons. The van der Waals surface area contributed by atoms with E-state index in [1.807, 2.05) is 0 Å². The van der Waals surface area contributed by atoms with Gasteiger partial charge in [-0.3, -0.25) is 0 Å². The van der Waals surface area contributed by atoms with Gasteiger partial charge in [-0.05, 0) is 18.2 Å². The molecule has 1 unspecified atom stereocenters.